The Morgan fingerprint density at radius 3 is 1.80 bits per heavy atom. The zero-order chi connectivity index (χ0) is 15.3. The lowest BCUT2D eigenvalue weighted by Gasteiger charge is -2.17. The molecule has 0 aromatic heterocycles. The number of nitroso groups, excluding NO2 is 1. The van der Waals surface area contributed by atoms with Crippen molar-refractivity contribution in [2.24, 2.45) is 5.18 Å². The summed E-state index contributed by atoms with van der Waals surface area (Å²) in [5.74, 6) is -0.133. The molecule has 1 aromatic carbocycles. The van der Waals surface area contributed by atoms with Gasteiger partial charge in [0.1, 0.15) is 0 Å². The van der Waals surface area contributed by atoms with Crippen molar-refractivity contribution < 1.29 is 19.0 Å². The van der Waals surface area contributed by atoms with Crippen LogP contribution in [0.25, 0.3) is 0 Å². The Balaban J connectivity index is 3.38. The first kappa shape index (κ1) is 15.9. The molecule has 0 aliphatic carbocycles. The van der Waals surface area contributed by atoms with E-state index in [1.807, 2.05) is 27.7 Å². The van der Waals surface area contributed by atoms with E-state index < -0.39 is 5.97 Å². The predicted octanol–water partition coefficient (Wildman–Crippen LogP) is 3.45. The fourth-order valence-corrected chi connectivity index (χ4v) is 1.60. The fraction of sp³-hybridized carbons (Fsp3) is 0.500. The quantitative estimate of drug-likeness (QED) is 0.589. The van der Waals surface area contributed by atoms with E-state index in [1.54, 1.807) is 0 Å². The lowest BCUT2D eigenvalue weighted by atomic mass is 10.1. The maximum Gasteiger partial charge on any atom is 0.338 e. The normalized spacial score (nSPS) is 10.6. The summed E-state index contributed by atoms with van der Waals surface area (Å²) in [5, 5.41) is 2.95. The van der Waals surface area contributed by atoms with Gasteiger partial charge in [0.2, 0.25) is 0 Å². The fourth-order valence-electron chi connectivity index (χ4n) is 1.60. The summed E-state index contributed by atoms with van der Waals surface area (Å²) < 4.78 is 15.7. The Labute approximate surface area is 118 Å². The van der Waals surface area contributed by atoms with E-state index in [0.29, 0.717) is 0 Å². The summed E-state index contributed by atoms with van der Waals surface area (Å²) in [5.41, 5.74) is 0.284. The number of benzene rings is 1. The third-order valence-electron chi connectivity index (χ3n) is 2.28. The lowest BCUT2D eigenvalue weighted by molar-refractivity contribution is 0.0599. The second-order valence-corrected chi connectivity index (χ2v) is 4.74. The molecule has 0 amide bonds. The second kappa shape index (κ2) is 6.88. The molecule has 0 bridgehead atoms. The third-order valence-corrected chi connectivity index (χ3v) is 2.28. The third kappa shape index (κ3) is 3.94. The molecule has 0 spiro atoms. The topological polar surface area (TPSA) is 74.2 Å². The molecule has 0 unspecified atom stereocenters. The van der Waals surface area contributed by atoms with Crippen molar-refractivity contribution in [2.75, 3.05) is 7.11 Å². The molecule has 0 fully saturated rings. The highest BCUT2D eigenvalue weighted by molar-refractivity contribution is 5.91. The molecule has 0 aliphatic heterocycles. The maximum absolute atomic E-state index is 11.6. The van der Waals surface area contributed by atoms with Crippen LogP contribution in [0.5, 0.6) is 11.5 Å². The van der Waals surface area contributed by atoms with Crippen LogP contribution in [0.4, 0.5) is 5.69 Å². The minimum atomic E-state index is -0.537. The zero-order valence-corrected chi connectivity index (χ0v) is 12.3. The molecule has 0 radical (unpaired) electrons. The van der Waals surface area contributed by atoms with Crippen LogP contribution in [0, 0.1) is 4.91 Å². The van der Waals surface area contributed by atoms with Crippen LogP contribution in [0.1, 0.15) is 38.1 Å². The van der Waals surface area contributed by atoms with Gasteiger partial charge in [-0.3, -0.25) is 0 Å². The van der Waals surface area contributed by atoms with Crippen molar-refractivity contribution in [3.8, 4) is 11.5 Å². The molecule has 6 nitrogen and oxygen atoms in total. The molecule has 1 rings (SSSR count). The predicted molar refractivity (Wildman–Crippen MR) is 74.8 cm³/mol. The highest BCUT2D eigenvalue weighted by atomic mass is 16.5. The van der Waals surface area contributed by atoms with Crippen LogP contribution in [-0.4, -0.2) is 25.3 Å². The van der Waals surface area contributed by atoms with E-state index in [0.717, 1.165) is 0 Å². The van der Waals surface area contributed by atoms with Crippen molar-refractivity contribution in [3.63, 3.8) is 0 Å². The van der Waals surface area contributed by atoms with Gasteiger partial charge < -0.3 is 14.2 Å². The number of carbonyl (C=O) groups is 1. The number of hydrogen-bond donors (Lipinski definition) is 0. The van der Waals surface area contributed by atoms with Crippen LogP contribution >= 0.6 is 0 Å². The van der Waals surface area contributed by atoms with E-state index in [2.05, 4.69) is 9.91 Å². The Bertz CT molecular complexity index is 465. The van der Waals surface area contributed by atoms with Gasteiger partial charge in [0.25, 0.3) is 0 Å². The van der Waals surface area contributed by atoms with E-state index in [9.17, 15) is 9.70 Å². The van der Waals surface area contributed by atoms with Crippen molar-refractivity contribution in [2.45, 2.75) is 39.9 Å². The van der Waals surface area contributed by atoms with Gasteiger partial charge in [0, 0.05) is 0 Å². The summed E-state index contributed by atoms with van der Waals surface area (Å²) >= 11 is 0. The molecular formula is C14H19NO5. The highest BCUT2D eigenvalue weighted by Gasteiger charge is 2.19. The average molecular weight is 281 g/mol. The summed E-state index contributed by atoms with van der Waals surface area (Å²) in [6.45, 7) is 7.23. The SMILES string of the molecule is COC(=O)c1cc(OC(C)C)c(N=O)c(OC(C)C)c1. The van der Waals surface area contributed by atoms with Gasteiger partial charge in [0.15, 0.2) is 17.2 Å². The molecule has 6 heteroatoms. The zero-order valence-electron chi connectivity index (χ0n) is 12.3. The van der Waals surface area contributed by atoms with E-state index in [1.165, 1.54) is 19.2 Å². The number of esters is 1. The molecule has 0 aliphatic rings. The standard InChI is InChI=1S/C14H19NO5/c1-8(2)19-11-6-10(14(16)18-5)7-12(13(11)15-17)20-9(3)4/h6-9H,1-5H3. The first-order valence-electron chi connectivity index (χ1n) is 6.32. The lowest BCUT2D eigenvalue weighted by Crippen LogP contribution is -2.11. The van der Waals surface area contributed by atoms with E-state index in [-0.39, 0.29) is 35.0 Å². The van der Waals surface area contributed by atoms with Crippen molar-refractivity contribution in [1.82, 2.24) is 0 Å². The molecular weight excluding hydrogens is 262 g/mol. The minimum Gasteiger partial charge on any atom is -0.488 e. The van der Waals surface area contributed by atoms with Crippen LogP contribution in [0.3, 0.4) is 0 Å². The Kier molecular flexibility index (Phi) is 5.49. The van der Waals surface area contributed by atoms with E-state index >= 15 is 0 Å². The molecule has 0 atom stereocenters. The molecule has 0 saturated heterocycles. The van der Waals surface area contributed by atoms with Crippen molar-refractivity contribution in [1.29, 1.82) is 0 Å². The summed E-state index contributed by atoms with van der Waals surface area (Å²) in [6.07, 6.45) is -0.342. The average Bonchev–Trinajstić information content (AvgIpc) is 2.36. The second-order valence-electron chi connectivity index (χ2n) is 4.74. The van der Waals surface area contributed by atoms with Gasteiger partial charge in [-0.15, -0.1) is 4.91 Å². The van der Waals surface area contributed by atoms with Gasteiger partial charge in [-0.25, -0.2) is 4.79 Å². The van der Waals surface area contributed by atoms with E-state index in [4.69, 9.17) is 9.47 Å². The Morgan fingerprint density at radius 1 is 1.05 bits per heavy atom. The van der Waals surface area contributed by atoms with Crippen LogP contribution in [0.15, 0.2) is 17.3 Å². The highest BCUT2D eigenvalue weighted by Crippen LogP contribution is 2.40. The molecule has 110 valence electrons. The maximum atomic E-state index is 11.6. The first-order chi connectivity index (χ1) is 9.38. The number of methoxy groups -OCH3 is 1. The number of hydrogen-bond acceptors (Lipinski definition) is 6. The summed E-state index contributed by atoms with van der Waals surface area (Å²) in [6, 6.07) is 2.85. The van der Waals surface area contributed by atoms with Gasteiger partial charge in [-0.05, 0) is 45.0 Å². The molecule has 0 heterocycles. The van der Waals surface area contributed by atoms with Crippen molar-refractivity contribution in [3.05, 3.63) is 22.6 Å². The molecule has 20 heavy (non-hydrogen) atoms. The first-order valence-corrected chi connectivity index (χ1v) is 6.32. The number of nitrogens with zero attached hydrogens (tertiary/aromatic N) is 1. The molecule has 1 aromatic rings. The largest absolute Gasteiger partial charge is 0.488 e. The van der Waals surface area contributed by atoms with Gasteiger partial charge in [-0.1, -0.05) is 0 Å². The summed E-state index contributed by atoms with van der Waals surface area (Å²) in [4.78, 5) is 22.7. The van der Waals surface area contributed by atoms with Crippen LogP contribution < -0.4 is 9.47 Å². The molecule has 0 saturated carbocycles. The van der Waals surface area contributed by atoms with Gasteiger partial charge in [0.05, 0.1) is 24.9 Å². The minimum absolute atomic E-state index is 0.0417. The Hall–Kier alpha value is -2.11. The smallest absolute Gasteiger partial charge is 0.338 e. The molecule has 0 N–H and O–H groups in total. The monoisotopic (exact) mass is 281 g/mol. The van der Waals surface area contributed by atoms with Gasteiger partial charge in [-0.2, -0.15) is 0 Å². The number of rotatable bonds is 6. The van der Waals surface area contributed by atoms with Crippen molar-refractivity contribution >= 4 is 11.7 Å². The summed E-state index contributed by atoms with van der Waals surface area (Å²) in [7, 11) is 1.28. The number of ether oxygens (including phenoxy) is 3. The van der Waals surface area contributed by atoms with Gasteiger partial charge >= 0.3 is 5.97 Å². The van der Waals surface area contributed by atoms with Crippen LogP contribution in [-0.2, 0) is 4.74 Å². The van der Waals surface area contributed by atoms with Crippen LogP contribution in [0.2, 0.25) is 0 Å². The Morgan fingerprint density at radius 2 is 1.50 bits per heavy atom. The number of carbonyl (C=O) groups excluding carboxylic acids is 1.